The molecule has 15 heavy (non-hydrogen) atoms. The van der Waals surface area contributed by atoms with Crippen LogP contribution in [0.4, 0.5) is 0 Å². The number of nitrogens with zero attached hydrogens (tertiary/aromatic N) is 1. The Balaban J connectivity index is 1.65. The SMILES string of the molecule is O=C(C1CC2CCC1N2)N1CC[C@@H](O)C1. The maximum atomic E-state index is 12.2. The van der Waals surface area contributed by atoms with Gasteiger partial charge in [0.05, 0.1) is 12.0 Å². The Hall–Kier alpha value is -0.610. The van der Waals surface area contributed by atoms with Crippen molar-refractivity contribution in [3.8, 4) is 0 Å². The summed E-state index contributed by atoms with van der Waals surface area (Å²) < 4.78 is 0. The van der Waals surface area contributed by atoms with Crippen molar-refractivity contribution in [1.82, 2.24) is 10.2 Å². The lowest BCUT2D eigenvalue weighted by atomic mass is 9.88. The van der Waals surface area contributed by atoms with Crippen LogP contribution in [-0.4, -0.2) is 47.2 Å². The van der Waals surface area contributed by atoms with Gasteiger partial charge in [-0.2, -0.15) is 0 Å². The van der Waals surface area contributed by atoms with Crippen LogP contribution >= 0.6 is 0 Å². The predicted octanol–water partition coefficient (Wildman–Crippen LogP) is -0.280. The molecule has 3 saturated heterocycles. The molecule has 3 fully saturated rings. The fourth-order valence-corrected chi connectivity index (χ4v) is 3.27. The molecule has 0 radical (unpaired) electrons. The van der Waals surface area contributed by atoms with E-state index < -0.39 is 0 Å². The summed E-state index contributed by atoms with van der Waals surface area (Å²) in [6, 6.07) is 0.997. The monoisotopic (exact) mass is 210 g/mol. The van der Waals surface area contributed by atoms with Gasteiger partial charge in [0.15, 0.2) is 0 Å². The van der Waals surface area contributed by atoms with Crippen LogP contribution in [-0.2, 0) is 4.79 Å². The van der Waals surface area contributed by atoms with Crippen molar-refractivity contribution < 1.29 is 9.90 Å². The van der Waals surface area contributed by atoms with Gasteiger partial charge in [-0.1, -0.05) is 0 Å². The van der Waals surface area contributed by atoms with Crippen LogP contribution in [0.1, 0.15) is 25.7 Å². The van der Waals surface area contributed by atoms with Gasteiger partial charge in [0, 0.05) is 25.2 Å². The Morgan fingerprint density at radius 1 is 1.33 bits per heavy atom. The van der Waals surface area contributed by atoms with Crippen molar-refractivity contribution in [3.63, 3.8) is 0 Å². The summed E-state index contributed by atoms with van der Waals surface area (Å²) in [4.78, 5) is 14.0. The molecule has 0 aliphatic carbocycles. The molecule has 4 heteroatoms. The van der Waals surface area contributed by atoms with E-state index in [4.69, 9.17) is 0 Å². The normalized spacial score (nSPS) is 43.9. The number of likely N-dealkylation sites (tertiary alicyclic amines) is 1. The van der Waals surface area contributed by atoms with Gasteiger partial charge in [0.2, 0.25) is 5.91 Å². The zero-order chi connectivity index (χ0) is 10.4. The van der Waals surface area contributed by atoms with Crippen molar-refractivity contribution in [2.24, 2.45) is 5.92 Å². The molecule has 2 N–H and O–H groups in total. The first-order valence-electron chi connectivity index (χ1n) is 5.97. The number of nitrogens with one attached hydrogen (secondary N) is 1. The van der Waals surface area contributed by atoms with Gasteiger partial charge in [-0.3, -0.25) is 4.79 Å². The van der Waals surface area contributed by atoms with Crippen molar-refractivity contribution in [2.75, 3.05) is 13.1 Å². The average molecular weight is 210 g/mol. The van der Waals surface area contributed by atoms with Crippen molar-refractivity contribution in [3.05, 3.63) is 0 Å². The summed E-state index contributed by atoms with van der Waals surface area (Å²) in [5.74, 6) is 0.459. The van der Waals surface area contributed by atoms with E-state index in [0.29, 0.717) is 18.6 Å². The second kappa shape index (κ2) is 3.46. The number of hydrogen-bond acceptors (Lipinski definition) is 3. The molecule has 0 aromatic carbocycles. The molecule has 3 heterocycles. The molecule has 2 bridgehead atoms. The van der Waals surface area contributed by atoms with E-state index in [1.807, 2.05) is 4.90 Å². The Morgan fingerprint density at radius 2 is 2.20 bits per heavy atom. The van der Waals surface area contributed by atoms with E-state index in [-0.39, 0.29) is 17.9 Å². The minimum absolute atomic E-state index is 0.189. The van der Waals surface area contributed by atoms with Gasteiger partial charge < -0.3 is 15.3 Å². The quantitative estimate of drug-likeness (QED) is 0.626. The lowest BCUT2D eigenvalue weighted by Crippen LogP contribution is -2.40. The van der Waals surface area contributed by atoms with E-state index >= 15 is 0 Å². The predicted molar refractivity (Wildman–Crippen MR) is 55.3 cm³/mol. The van der Waals surface area contributed by atoms with Crippen LogP contribution in [0, 0.1) is 5.92 Å². The fourth-order valence-electron chi connectivity index (χ4n) is 3.27. The van der Waals surface area contributed by atoms with E-state index in [2.05, 4.69) is 5.32 Å². The minimum atomic E-state index is -0.291. The van der Waals surface area contributed by atoms with Gasteiger partial charge >= 0.3 is 0 Å². The maximum Gasteiger partial charge on any atom is 0.227 e. The van der Waals surface area contributed by atoms with Crippen LogP contribution in [0.3, 0.4) is 0 Å². The smallest absolute Gasteiger partial charge is 0.227 e. The highest BCUT2D eigenvalue weighted by Gasteiger charge is 2.44. The lowest BCUT2D eigenvalue weighted by molar-refractivity contribution is -0.135. The van der Waals surface area contributed by atoms with Crippen LogP contribution in [0.2, 0.25) is 0 Å². The standard InChI is InChI=1S/C11H18N2O2/c14-8-3-4-13(6-8)11(15)9-5-7-1-2-10(9)12-7/h7-10,12,14H,1-6H2/t7?,8-,9?,10?/m1/s1. The number of fused-ring (bicyclic) bond motifs is 2. The molecule has 4 nitrogen and oxygen atoms in total. The first kappa shape index (κ1) is 9.60. The molecule has 0 aromatic rings. The molecule has 0 spiro atoms. The fraction of sp³-hybridized carbons (Fsp3) is 0.909. The zero-order valence-electron chi connectivity index (χ0n) is 8.85. The first-order chi connectivity index (χ1) is 7.24. The molecule has 0 aromatic heterocycles. The van der Waals surface area contributed by atoms with E-state index in [1.165, 1.54) is 6.42 Å². The molecule has 3 aliphatic rings. The summed E-state index contributed by atoms with van der Waals surface area (Å²) in [7, 11) is 0. The number of amides is 1. The molecule has 3 unspecified atom stereocenters. The summed E-state index contributed by atoms with van der Waals surface area (Å²) in [6.07, 6.45) is 3.85. The van der Waals surface area contributed by atoms with E-state index in [0.717, 1.165) is 25.8 Å². The van der Waals surface area contributed by atoms with Gasteiger partial charge in [0.25, 0.3) is 0 Å². The highest BCUT2D eigenvalue weighted by atomic mass is 16.3. The zero-order valence-corrected chi connectivity index (χ0v) is 8.85. The number of aliphatic hydroxyl groups is 1. The highest BCUT2D eigenvalue weighted by molar-refractivity contribution is 5.80. The van der Waals surface area contributed by atoms with Crippen molar-refractivity contribution >= 4 is 5.91 Å². The van der Waals surface area contributed by atoms with Gasteiger partial charge in [-0.15, -0.1) is 0 Å². The molecule has 0 saturated carbocycles. The number of rotatable bonds is 1. The topological polar surface area (TPSA) is 52.6 Å². The Morgan fingerprint density at radius 3 is 2.73 bits per heavy atom. The van der Waals surface area contributed by atoms with Gasteiger partial charge in [-0.25, -0.2) is 0 Å². The van der Waals surface area contributed by atoms with Crippen LogP contribution in [0.25, 0.3) is 0 Å². The average Bonchev–Trinajstić information content (AvgIpc) is 2.90. The Labute approximate surface area is 89.6 Å². The van der Waals surface area contributed by atoms with Gasteiger partial charge in [0.1, 0.15) is 0 Å². The Kier molecular flexibility index (Phi) is 2.21. The minimum Gasteiger partial charge on any atom is -0.391 e. The van der Waals surface area contributed by atoms with Gasteiger partial charge in [-0.05, 0) is 25.7 Å². The van der Waals surface area contributed by atoms with Crippen LogP contribution in [0.5, 0.6) is 0 Å². The number of hydrogen-bond donors (Lipinski definition) is 2. The summed E-state index contributed by atoms with van der Waals surface area (Å²) >= 11 is 0. The van der Waals surface area contributed by atoms with Crippen LogP contribution in [0.15, 0.2) is 0 Å². The van der Waals surface area contributed by atoms with Crippen molar-refractivity contribution in [2.45, 2.75) is 43.9 Å². The number of carbonyl (C=O) groups excluding carboxylic acids is 1. The molecule has 3 aliphatic heterocycles. The largest absolute Gasteiger partial charge is 0.391 e. The second-order valence-electron chi connectivity index (χ2n) is 5.12. The molecule has 84 valence electrons. The third-order valence-corrected chi connectivity index (χ3v) is 4.09. The third-order valence-electron chi connectivity index (χ3n) is 4.09. The summed E-state index contributed by atoms with van der Waals surface area (Å²) in [5.41, 5.74) is 0. The lowest BCUT2D eigenvalue weighted by Gasteiger charge is -2.25. The molecule has 4 atom stereocenters. The van der Waals surface area contributed by atoms with E-state index in [9.17, 15) is 9.90 Å². The first-order valence-corrected chi connectivity index (χ1v) is 5.97. The second-order valence-corrected chi connectivity index (χ2v) is 5.12. The molecule has 1 amide bonds. The van der Waals surface area contributed by atoms with Crippen molar-refractivity contribution in [1.29, 1.82) is 0 Å². The molecular weight excluding hydrogens is 192 g/mol. The molecule has 3 rings (SSSR count). The Bertz CT molecular complexity index is 282. The summed E-state index contributed by atoms with van der Waals surface area (Å²) in [6.45, 7) is 1.29. The third kappa shape index (κ3) is 1.56. The summed E-state index contributed by atoms with van der Waals surface area (Å²) in [5, 5.41) is 12.9. The highest BCUT2D eigenvalue weighted by Crippen LogP contribution is 2.34. The number of aliphatic hydroxyl groups excluding tert-OH is 1. The molecular formula is C11H18N2O2. The number of β-amino-alcohol motifs (C(OH)–C–C–N with tert-alkyl or cyclic N) is 1. The van der Waals surface area contributed by atoms with E-state index in [1.54, 1.807) is 0 Å². The maximum absolute atomic E-state index is 12.2. The van der Waals surface area contributed by atoms with Crippen LogP contribution < -0.4 is 5.32 Å². The number of carbonyl (C=O) groups is 1.